The van der Waals surface area contributed by atoms with Gasteiger partial charge in [-0.1, -0.05) is 19.1 Å². The molecule has 90 valence electrons. The SMILES string of the molecule is CCc1ccc2c(c1)[C@H]1C[C@@](C)(NC(=S)N1)O2. The van der Waals surface area contributed by atoms with Crippen LogP contribution in [-0.4, -0.2) is 10.8 Å². The predicted octanol–water partition coefficient (Wildman–Crippen LogP) is 2.27. The fourth-order valence-corrected chi connectivity index (χ4v) is 2.96. The van der Waals surface area contributed by atoms with Gasteiger partial charge in [0.25, 0.3) is 0 Å². The summed E-state index contributed by atoms with van der Waals surface area (Å²) in [7, 11) is 0. The van der Waals surface area contributed by atoms with Crippen molar-refractivity contribution in [1.29, 1.82) is 0 Å². The van der Waals surface area contributed by atoms with Gasteiger partial charge in [-0.2, -0.15) is 0 Å². The van der Waals surface area contributed by atoms with E-state index in [1.54, 1.807) is 0 Å². The molecule has 0 aliphatic carbocycles. The van der Waals surface area contributed by atoms with Crippen molar-refractivity contribution in [3.63, 3.8) is 0 Å². The molecular formula is C13H16N2OS. The summed E-state index contributed by atoms with van der Waals surface area (Å²) in [6.07, 6.45) is 1.94. The van der Waals surface area contributed by atoms with Gasteiger partial charge in [-0.25, -0.2) is 0 Å². The molecule has 0 aromatic heterocycles. The third kappa shape index (κ3) is 1.76. The van der Waals surface area contributed by atoms with Crippen molar-refractivity contribution in [2.45, 2.75) is 38.5 Å². The molecule has 0 saturated carbocycles. The standard InChI is InChI=1S/C13H16N2OS/c1-3-8-4-5-11-9(6-8)10-7-13(2,16-11)15-12(17)14-10/h4-6,10H,3,7H2,1-2H3,(H2,14,15,17)/t10-,13+/m1/s1. The maximum atomic E-state index is 6.02. The quantitative estimate of drug-likeness (QED) is 0.747. The molecule has 3 nitrogen and oxygen atoms in total. The zero-order chi connectivity index (χ0) is 12.0. The molecule has 0 spiro atoms. The van der Waals surface area contributed by atoms with Crippen molar-refractivity contribution in [3.8, 4) is 5.75 Å². The van der Waals surface area contributed by atoms with Crippen LogP contribution in [0.15, 0.2) is 18.2 Å². The molecular weight excluding hydrogens is 232 g/mol. The van der Waals surface area contributed by atoms with Crippen LogP contribution >= 0.6 is 12.2 Å². The Labute approximate surface area is 107 Å². The number of thiocarbonyl (C=S) groups is 1. The van der Waals surface area contributed by atoms with Gasteiger partial charge in [0.2, 0.25) is 0 Å². The van der Waals surface area contributed by atoms with Crippen molar-refractivity contribution < 1.29 is 4.74 Å². The fourth-order valence-electron chi connectivity index (χ4n) is 2.61. The second-order valence-electron chi connectivity index (χ2n) is 4.91. The number of hydrogen-bond donors (Lipinski definition) is 2. The molecule has 2 bridgehead atoms. The molecule has 1 aromatic carbocycles. The van der Waals surface area contributed by atoms with Crippen LogP contribution < -0.4 is 15.4 Å². The Morgan fingerprint density at radius 2 is 2.35 bits per heavy atom. The Kier molecular flexibility index (Phi) is 2.30. The average Bonchev–Trinajstić information content (AvgIpc) is 2.27. The van der Waals surface area contributed by atoms with E-state index in [0.29, 0.717) is 5.11 Å². The zero-order valence-corrected chi connectivity index (χ0v) is 10.9. The molecule has 17 heavy (non-hydrogen) atoms. The fraction of sp³-hybridized carbons (Fsp3) is 0.462. The highest BCUT2D eigenvalue weighted by atomic mass is 32.1. The number of fused-ring (bicyclic) bond motifs is 4. The lowest BCUT2D eigenvalue weighted by molar-refractivity contribution is 0.0250. The number of aryl methyl sites for hydroxylation is 1. The number of rotatable bonds is 1. The summed E-state index contributed by atoms with van der Waals surface area (Å²) in [5, 5.41) is 7.19. The lowest BCUT2D eigenvalue weighted by Gasteiger charge is -2.45. The van der Waals surface area contributed by atoms with Gasteiger partial charge in [-0.05, 0) is 37.2 Å². The number of benzene rings is 1. The number of hydrogen-bond acceptors (Lipinski definition) is 2. The van der Waals surface area contributed by atoms with Crippen molar-refractivity contribution in [1.82, 2.24) is 10.6 Å². The van der Waals surface area contributed by atoms with Crippen LogP contribution in [0.2, 0.25) is 0 Å². The first kappa shape index (κ1) is 10.8. The van der Waals surface area contributed by atoms with E-state index < -0.39 is 0 Å². The molecule has 2 aliphatic rings. The highest BCUT2D eigenvalue weighted by Crippen LogP contribution is 2.40. The minimum absolute atomic E-state index is 0.268. The summed E-state index contributed by atoms with van der Waals surface area (Å²) in [5.41, 5.74) is 2.20. The highest BCUT2D eigenvalue weighted by molar-refractivity contribution is 7.80. The third-order valence-corrected chi connectivity index (χ3v) is 3.69. The summed E-state index contributed by atoms with van der Waals surface area (Å²) in [6, 6.07) is 6.68. The zero-order valence-electron chi connectivity index (χ0n) is 10.0. The summed E-state index contributed by atoms with van der Waals surface area (Å²) in [5.74, 6) is 0.962. The molecule has 0 unspecified atom stereocenters. The van der Waals surface area contributed by atoms with Gasteiger partial charge in [0.15, 0.2) is 10.8 Å². The third-order valence-electron chi connectivity index (χ3n) is 3.47. The second kappa shape index (κ2) is 3.60. The predicted molar refractivity (Wildman–Crippen MR) is 71.1 cm³/mol. The van der Waals surface area contributed by atoms with Gasteiger partial charge < -0.3 is 15.4 Å². The molecule has 0 radical (unpaired) electrons. The van der Waals surface area contributed by atoms with Crippen LogP contribution in [0.25, 0.3) is 0 Å². The van der Waals surface area contributed by atoms with Gasteiger partial charge >= 0.3 is 0 Å². The molecule has 3 rings (SSSR count). The first-order chi connectivity index (χ1) is 8.09. The summed E-state index contributed by atoms with van der Waals surface area (Å²) < 4.78 is 6.02. The van der Waals surface area contributed by atoms with Crippen LogP contribution in [0, 0.1) is 0 Å². The normalized spacial score (nSPS) is 29.8. The summed E-state index contributed by atoms with van der Waals surface area (Å²) in [6.45, 7) is 4.21. The molecule has 4 heteroatoms. The van der Waals surface area contributed by atoms with Crippen LogP contribution in [0.5, 0.6) is 5.75 Å². The van der Waals surface area contributed by atoms with Crippen LogP contribution in [0.1, 0.15) is 37.4 Å². The van der Waals surface area contributed by atoms with Crippen molar-refractivity contribution >= 4 is 17.3 Å². The van der Waals surface area contributed by atoms with E-state index in [1.807, 2.05) is 6.92 Å². The lowest BCUT2D eigenvalue weighted by Crippen LogP contribution is -2.62. The Bertz CT molecular complexity index is 488. The van der Waals surface area contributed by atoms with Crippen molar-refractivity contribution in [3.05, 3.63) is 29.3 Å². The smallest absolute Gasteiger partial charge is 0.181 e. The van der Waals surface area contributed by atoms with E-state index >= 15 is 0 Å². The molecule has 2 heterocycles. The van der Waals surface area contributed by atoms with E-state index in [2.05, 4.69) is 35.8 Å². The van der Waals surface area contributed by atoms with Crippen LogP contribution in [-0.2, 0) is 6.42 Å². The molecule has 1 fully saturated rings. The average molecular weight is 248 g/mol. The minimum Gasteiger partial charge on any atom is -0.468 e. The van der Waals surface area contributed by atoms with Crippen molar-refractivity contribution in [2.24, 2.45) is 0 Å². The van der Waals surface area contributed by atoms with E-state index in [0.717, 1.165) is 18.6 Å². The van der Waals surface area contributed by atoms with Crippen LogP contribution in [0.3, 0.4) is 0 Å². The maximum Gasteiger partial charge on any atom is 0.181 e. The molecule has 1 saturated heterocycles. The van der Waals surface area contributed by atoms with E-state index in [4.69, 9.17) is 17.0 Å². The molecule has 2 aliphatic heterocycles. The van der Waals surface area contributed by atoms with E-state index in [1.165, 1.54) is 11.1 Å². The Morgan fingerprint density at radius 1 is 1.53 bits per heavy atom. The van der Waals surface area contributed by atoms with E-state index in [9.17, 15) is 0 Å². The summed E-state index contributed by atoms with van der Waals surface area (Å²) >= 11 is 5.22. The first-order valence-corrected chi connectivity index (χ1v) is 6.41. The monoisotopic (exact) mass is 248 g/mol. The second-order valence-corrected chi connectivity index (χ2v) is 5.32. The Balaban J connectivity index is 2.07. The van der Waals surface area contributed by atoms with Gasteiger partial charge in [0.1, 0.15) is 5.75 Å². The number of nitrogens with one attached hydrogen (secondary N) is 2. The van der Waals surface area contributed by atoms with Gasteiger partial charge in [0, 0.05) is 12.0 Å². The molecule has 0 amide bonds. The first-order valence-electron chi connectivity index (χ1n) is 6.00. The topological polar surface area (TPSA) is 33.3 Å². The Hall–Kier alpha value is -1.29. The van der Waals surface area contributed by atoms with Gasteiger partial charge in [-0.3, -0.25) is 0 Å². The van der Waals surface area contributed by atoms with Crippen LogP contribution in [0.4, 0.5) is 0 Å². The maximum absolute atomic E-state index is 6.02. The minimum atomic E-state index is -0.367. The van der Waals surface area contributed by atoms with Gasteiger partial charge in [0.05, 0.1) is 6.04 Å². The molecule has 2 N–H and O–H groups in total. The summed E-state index contributed by atoms with van der Waals surface area (Å²) in [4.78, 5) is 0. The molecule has 2 atom stereocenters. The number of ether oxygens (including phenoxy) is 1. The lowest BCUT2D eigenvalue weighted by atomic mass is 9.90. The highest BCUT2D eigenvalue weighted by Gasteiger charge is 2.41. The van der Waals surface area contributed by atoms with Crippen molar-refractivity contribution in [2.75, 3.05) is 0 Å². The van der Waals surface area contributed by atoms with Gasteiger partial charge in [-0.15, -0.1) is 0 Å². The Morgan fingerprint density at radius 3 is 3.12 bits per heavy atom. The molecule has 1 aromatic rings. The largest absolute Gasteiger partial charge is 0.468 e. The van der Waals surface area contributed by atoms with E-state index in [-0.39, 0.29) is 11.8 Å².